The predicted molar refractivity (Wildman–Crippen MR) is 93.2 cm³/mol. The van der Waals surface area contributed by atoms with Gasteiger partial charge >= 0.3 is 6.18 Å². The van der Waals surface area contributed by atoms with Crippen molar-refractivity contribution < 1.29 is 27.6 Å². The molecule has 0 radical (unpaired) electrons. The number of rotatable bonds is 4. The van der Waals surface area contributed by atoms with E-state index in [0.29, 0.717) is 38.4 Å². The molecule has 0 aromatic carbocycles. The number of pyridine rings is 1. The fourth-order valence-electron chi connectivity index (χ4n) is 3.37. The van der Waals surface area contributed by atoms with Crippen LogP contribution in [0.3, 0.4) is 0 Å². The number of amides is 3. The van der Waals surface area contributed by atoms with Gasteiger partial charge in [0.05, 0.1) is 5.56 Å². The van der Waals surface area contributed by atoms with Gasteiger partial charge in [-0.1, -0.05) is 0 Å². The molecule has 0 aliphatic carbocycles. The highest BCUT2D eigenvalue weighted by Gasteiger charge is 2.31. The van der Waals surface area contributed by atoms with Crippen LogP contribution >= 0.6 is 0 Å². The van der Waals surface area contributed by atoms with Crippen LogP contribution in [0.5, 0.6) is 0 Å². The molecule has 0 spiro atoms. The van der Waals surface area contributed by atoms with Crippen LogP contribution in [0.2, 0.25) is 0 Å². The maximum atomic E-state index is 12.7. The minimum Gasteiger partial charge on any atom is -0.355 e. The second-order valence-corrected chi connectivity index (χ2v) is 6.81. The van der Waals surface area contributed by atoms with E-state index in [1.165, 1.54) is 6.07 Å². The molecule has 1 aromatic heterocycles. The Morgan fingerprint density at radius 3 is 2.36 bits per heavy atom. The third kappa shape index (κ3) is 4.60. The van der Waals surface area contributed by atoms with Gasteiger partial charge in [-0.25, -0.2) is 4.98 Å². The first-order valence-electron chi connectivity index (χ1n) is 9.15. The molecule has 10 heteroatoms. The number of aromatic nitrogens is 1. The Hall–Kier alpha value is -2.65. The molecular formula is C18H21F3N4O3. The Labute approximate surface area is 160 Å². The van der Waals surface area contributed by atoms with Crippen molar-refractivity contribution in [1.29, 1.82) is 0 Å². The maximum Gasteiger partial charge on any atom is 0.417 e. The van der Waals surface area contributed by atoms with Crippen LogP contribution in [0.25, 0.3) is 0 Å². The second-order valence-electron chi connectivity index (χ2n) is 6.81. The highest BCUT2D eigenvalue weighted by Crippen LogP contribution is 2.29. The number of hydrogen-bond acceptors (Lipinski definition) is 5. The normalized spacial score (nSPS) is 18.6. The Bertz CT molecular complexity index is 735. The van der Waals surface area contributed by atoms with Crippen LogP contribution in [-0.2, 0) is 20.6 Å². The number of anilines is 1. The Morgan fingerprint density at radius 2 is 1.75 bits per heavy atom. The predicted octanol–water partition coefficient (Wildman–Crippen LogP) is 1.68. The van der Waals surface area contributed by atoms with Crippen LogP contribution in [0.15, 0.2) is 18.3 Å². The summed E-state index contributed by atoms with van der Waals surface area (Å²) in [5, 5.41) is 0. The summed E-state index contributed by atoms with van der Waals surface area (Å²) in [4.78, 5) is 44.2. The first-order chi connectivity index (χ1) is 13.3. The lowest BCUT2D eigenvalue weighted by molar-refractivity contribution is -0.140. The monoisotopic (exact) mass is 398 g/mol. The number of nitrogens with zero attached hydrogens (tertiary/aromatic N) is 4. The minimum atomic E-state index is -4.42. The molecule has 0 saturated carbocycles. The number of halogens is 3. The highest BCUT2D eigenvalue weighted by atomic mass is 19.4. The van der Waals surface area contributed by atoms with Crippen molar-refractivity contribution in [3.05, 3.63) is 23.9 Å². The van der Waals surface area contributed by atoms with Gasteiger partial charge in [0.15, 0.2) is 0 Å². The molecule has 2 saturated heterocycles. The van der Waals surface area contributed by atoms with Gasteiger partial charge in [-0.15, -0.1) is 0 Å². The van der Waals surface area contributed by atoms with E-state index in [1.54, 1.807) is 4.90 Å². The Balaban J connectivity index is 1.53. The van der Waals surface area contributed by atoms with E-state index in [9.17, 15) is 27.6 Å². The van der Waals surface area contributed by atoms with Crippen molar-refractivity contribution >= 4 is 23.5 Å². The molecule has 2 aliphatic rings. The van der Waals surface area contributed by atoms with Gasteiger partial charge in [0.2, 0.25) is 17.7 Å². The van der Waals surface area contributed by atoms with Gasteiger partial charge in [0, 0.05) is 58.2 Å². The van der Waals surface area contributed by atoms with Gasteiger partial charge in [-0.2, -0.15) is 13.2 Å². The van der Waals surface area contributed by atoms with Crippen LogP contribution in [-0.4, -0.2) is 65.2 Å². The molecule has 3 rings (SSSR count). The summed E-state index contributed by atoms with van der Waals surface area (Å²) in [7, 11) is 0. The number of likely N-dealkylation sites (tertiary alicyclic amines) is 1. The zero-order valence-corrected chi connectivity index (χ0v) is 15.2. The average molecular weight is 398 g/mol. The number of alkyl halides is 3. The van der Waals surface area contributed by atoms with E-state index < -0.39 is 11.7 Å². The Kier molecular flexibility index (Phi) is 5.85. The topological polar surface area (TPSA) is 73.8 Å². The second kappa shape index (κ2) is 8.15. The van der Waals surface area contributed by atoms with Crippen molar-refractivity contribution in [3.8, 4) is 0 Å². The molecule has 3 heterocycles. The van der Waals surface area contributed by atoms with Crippen molar-refractivity contribution in [3.63, 3.8) is 0 Å². The van der Waals surface area contributed by atoms with E-state index >= 15 is 0 Å². The van der Waals surface area contributed by atoms with Crippen molar-refractivity contribution in [1.82, 2.24) is 14.8 Å². The van der Waals surface area contributed by atoms with Crippen molar-refractivity contribution in [2.75, 3.05) is 37.6 Å². The first-order valence-corrected chi connectivity index (χ1v) is 9.15. The third-order valence-corrected chi connectivity index (χ3v) is 4.95. The number of imide groups is 1. The smallest absolute Gasteiger partial charge is 0.355 e. The molecule has 152 valence electrons. The fraction of sp³-hybridized carbons (Fsp3) is 0.556. The summed E-state index contributed by atoms with van der Waals surface area (Å²) >= 11 is 0. The van der Waals surface area contributed by atoms with E-state index in [4.69, 9.17) is 0 Å². The van der Waals surface area contributed by atoms with Crippen molar-refractivity contribution in [2.24, 2.45) is 0 Å². The molecule has 0 N–H and O–H groups in total. The highest BCUT2D eigenvalue weighted by molar-refractivity contribution is 6.02. The zero-order valence-electron chi connectivity index (χ0n) is 15.2. The summed E-state index contributed by atoms with van der Waals surface area (Å²) in [5.41, 5.74) is -0.797. The number of carbonyl (C=O) groups is 3. The molecule has 0 unspecified atom stereocenters. The van der Waals surface area contributed by atoms with E-state index in [1.807, 2.05) is 4.90 Å². The van der Waals surface area contributed by atoms with Gasteiger partial charge in [-0.3, -0.25) is 19.3 Å². The summed E-state index contributed by atoms with van der Waals surface area (Å²) in [6.07, 6.45) is -2.48. The van der Waals surface area contributed by atoms with Gasteiger partial charge in [0.1, 0.15) is 5.82 Å². The third-order valence-electron chi connectivity index (χ3n) is 4.95. The molecular weight excluding hydrogens is 377 g/mol. The summed E-state index contributed by atoms with van der Waals surface area (Å²) in [6, 6.07) is 2.34. The molecule has 7 nitrogen and oxygen atoms in total. The molecule has 0 atom stereocenters. The molecule has 0 bridgehead atoms. The van der Waals surface area contributed by atoms with Crippen molar-refractivity contribution in [2.45, 2.75) is 31.9 Å². The molecule has 2 aliphatic heterocycles. The van der Waals surface area contributed by atoms with Gasteiger partial charge < -0.3 is 9.80 Å². The lowest BCUT2D eigenvalue weighted by Gasteiger charge is -2.23. The molecule has 28 heavy (non-hydrogen) atoms. The average Bonchev–Trinajstić information content (AvgIpc) is 2.86. The number of carbonyl (C=O) groups excluding carboxylic acids is 3. The van der Waals surface area contributed by atoms with Gasteiger partial charge in [-0.05, 0) is 18.6 Å². The molecule has 1 aromatic rings. The van der Waals surface area contributed by atoms with Crippen LogP contribution < -0.4 is 4.90 Å². The first kappa shape index (κ1) is 20.1. The zero-order chi connectivity index (χ0) is 20.3. The maximum absolute atomic E-state index is 12.7. The minimum absolute atomic E-state index is 0.0794. The largest absolute Gasteiger partial charge is 0.417 e. The standard InChI is InChI=1S/C18H21F3N4O3/c19-18(20,21)13-2-3-14(22-12-13)23-7-1-8-24(11-10-23)15(26)6-9-25-16(27)4-5-17(25)28/h2-3,12H,1,4-11H2. The van der Waals surface area contributed by atoms with Crippen LogP contribution in [0.4, 0.5) is 19.0 Å². The quantitative estimate of drug-likeness (QED) is 0.722. The van der Waals surface area contributed by atoms with Gasteiger partial charge in [0.25, 0.3) is 0 Å². The summed E-state index contributed by atoms with van der Waals surface area (Å²) in [5.74, 6) is -0.188. The molecule has 3 amide bonds. The lowest BCUT2D eigenvalue weighted by Crippen LogP contribution is -2.38. The lowest BCUT2D eigenvalue weighted by atomic mass is 10.2. The van der Waals surface area contributed by atoms with E-state index in [0.717, 1.165) is 17.2 Å². The van der Waals surface area contributed by atoms with E-state index in [-0.39, 0.29) is 43.5 Å². The fourth-order valence-corrected chi connectivity index (χ4v) is 3.37. The van der Waals surface area contributed by atoms with E-state index in [2.05, 4.69) is 4.98 Å². The SMILES string of the molecule is O=C(CCN1C(=O)CCC1=O)N1CCCN(c2ccc(C(F)(F)F)cn2)CC1. The summed E-state index contributed by atoms with van der Waals surface area (Å²) in [6.45, 7) is 2.04. The molecule has 2 fully saturated rings. The number of hydrogen-bond donors (Lipinski definition) is 0. The van der Waals surface area contributed by atoms with Crippen LogP contribution in [0.1, 0.15) is 31.2 Å². The Morgan fingerprint density at radius 1 is 1.04 bits per heavy atom. The summed E-state index contributed by atoms with van der Waals surface area (Å²) < 4.78 is 38.0. The van der Waals surface area contributed by atoms with Crippen LogP contribution in [0, 0.1) is 0 Å².